The molecule has 0 atom stereocenters. The number of hydrogen-bond donors (Lipinski definition) is 2. The van der Waals surface area contributed by atoms with Crippen molar-refractivity contribution in [2.75, 3.05) is 5.32 Å². The van der Waals surface area contributed by atoms with Gasteiger partial charge >= 0.3 is 0 Å². The molecular weight excluding hydrogens is 392 g/mol. The monoisotopic (exact) mass is 401 g/mol. The lowest BCUT2D eigenvalue weighted by atomic mass is 10.1. The Morgan fingerprint density at radius 3 is 2.32 bits per heavy atom. The van der Waals surface area contributed by atoms with Crippen LogP contribution in [0.25, 0.3) is 0 Å². The van der Waals surface area contributed by atoms with Crippen molar-refractivity contribution in [3.8, 4) is 0 Å². The van der Waals surface area contributed by atoms with E-state index in [2.05, 4.69) is 15.8 Å². The van der Waals surface area contributed by atoms with E-state index in [1.54, 1.807) is 12.1 Å². The fourth-order valence-electron chi connectivity index (χ4n) is 1.77. The van der Waals surface area contributed by atoms with Gasteiger partial charge in [-0.2, -0.15) is 5.10 Å². The highest BCUT2D eigenvalue weighted by atomic mass is 35.6. The minimum absolute atomic E-state index is 0.235. The molecule has 2 amide bonds. The summed E-state index contributed by atoms with van der Waals surface area (Å²) in [6.45, 7) is 0. The van der Waals surface area contributed by atoms with Crippen molar-refractivity contribution in [1.29, 1.82) is 0 Å². The molecule has 0 spiro atoms. The van der Waals surface area contributed by atoms with Gasteiger partial charge in [0.1, 0.15) is 5.82 Å². The summed E-state index contributed by atoms with van der Waals surface area (Å²) >= 11 is 16.4. The van der Waals surface area contributed by atoms with Crippen molar-refractivity contribution in [3.63, 3.8) is 0 Å². The molecule has 25 heavy (non-hydrogen) atoms. The molecule has 2 rings (SSSR count). The molecule has 0 aliphatic carbocycles. The molecule has 0 saturated carbocycles. The predicted molar refractivity (Wildman–Crippen MR) is 97.0 cm³/mol. The highest BCUT2D eigenvalue weighted by Crippen LogP contribution is 2.22. The van der Waals surface area contributed by atoms with Gasteiger partial charge in [0.2, 0.25) is 3.79 Å². The minimum atomic E-state index is -1.72. The van der Waals surface area contributed by atoms with Crippen LogP contribution in [0.4, 0.5) is 10.1 Å². The lowest BCUT2D eigenvalue weighted by Gasteiger charge is -2.07. The molecule has 0 radical (unpaired) electrons. The number of carbonyl (C=O) groups is 2. The van der Waals surface area contributed by atoms with E-state index in [0.717, 1.165) is 6.21 Å². The predicted octanol–water partition coefficient (Wildman–Crippen LogP) is 4.16. The van der Waals surface area contributed by atoms with Crippen molar-refractivity contribution in [2.24, 2.45) is 5.10 Å². The molecule has 0 aliphatic rings. The first-order valence-electron chi connectivity index (χ1n) is 6.83. The molecule has 0 bridgehead atoms. The van der Waals surface area contributed by atoms with Gasteiger partial charge in [0.25, 0.3) is 11.8 Å². The van der Waals surface area contributed by atoms with Crippen LogP contribution in [0.2, 0.25) is 0 Å². The van der Waals surface area contributed by atoms with Gasteiger partial charge in [-0.15, -0.1) is 0 Å². The Hall–Kier alpha value is -2.15. The molecule has 0 aromatic heterocycles. The van der Waals surface area contributed by atoms with Gasteiger partial charge in [0.15, 0.2) is 0 Å². The summed E-state index contributed by atoms with van der Waals surface area (Å²) in [5, 5.41) is 6.13. The second kappa shape index (κ2) is 8.29. The second-order valence-corrected chi connectivity index (χ2v) is 7.15. The summed E-state index contributed by atoms with van der Waals surface area (Å²) in [5.41, 5.74) is 3.09. The van der Waals surface area contributed by atoms with Crippen LogP contribution in [0.1, 0.15) is 20.7 Å². The van der Waals surface area contributed by atoms with Crippen LogP contribution in [0.3, 0.4) is 0 Å². The molecule has 2 N–H and O–H groups in total. The summed E-state index contributed by atoms with van der Waals surface area (Å²) in [6.07, 6.45) is 0.940. The molecule has 0 unspecified atom stereocenters. The first-order chi connectivity index (χ1) is 11.7. The number of nitrogens with zero attached hydrogens (tertiary/aromatic N) is 1. The molecule has 5 nitrogen and oxygen atoms in total. The van der Waals surface area contributed by atoms with E-state index in [1.165, 1.54) is 36.4 Å². The Labute approximate surface area is 157 Å². The molecule has 0 aliphatic heterocycles. The number of anilines is 1. The summed E-state index contributed by atoms with van der Waals surface area (Å²) in [7, 11) is 0. The number of carbonyl (C=O) groups excluding carboxylic acids is 2. The van der Waals surface area contributed by atoms with Crippen LogP contribution < -0.4 is 10.7 Å². The van der Waals surface area contributed by atoms with Crippen LogP contribution in [-0.2, 0) is 0 Å². The van der Waals surface area contributed by atoms with Gasteiger partial charge in [-0.1, -0.05) is 40.9 Å². The van der Waals surface area contributed by atoms with Gasteiger partial charge in [0, 0.05) is 16.8 Å². The van der Waals surface area contributed by atoms with Crippen LogP contribution in [-0.4, -0.2) is 21.8 Å². The second-order valence-electron chi connectivity index (χ2n) is 4.78. The van der Waals surface area contributed by atoms with Crippen LogP contribution in [0.15, 0.2) is 53.6 Å². The van der Waals surface area contributed by atoms with Gasteiger partial charge < -0.3 is 5.32 Å². The zero-order valence-electron chi connectivity index (χ0n) is 12.5. The molecule has 2 aromatic carbocycles. The van der Waals surface area contributed by atoms with Crippen LogP contribution in [0, 0.1) is 5.82 Å². The Morgan fingerprint density at radius 2 is 1.68 bits per heavy atom. The largest absolute Gasteiger partial charge is 0.322 e. The fourth-order valence-corrected chi connectivity index (χ4v) is 1.92. The molecule has 130 valence electrons. The lowest BCUT2D eigenvalue weighted by Crippen LogP contribution is -2.20. The number of rotatable bonds is 4. The quantitative estimate of drug-likeness (QED) is 0.458. The summed E-state index contributed by atoms with van der Waals surface area (Å²) < 4.78 is 11.2. The van der Waals surface area contributed by atoms with E-state index in [-0.39, 0.29) is 11.1 Å². The normalized spacial score (nSPS) is 11.4. The average molecular weight is 403 g/mol. The van der Waals surface area contributed by atoms with Gasteiger partial charge in [-0.05, 0) is 42.5 Å². The van der Waals surface area contributed by atoms with E-state index >= 15 is 0 Å². The molecule has 0 heterocycles. The van der Waals surface area contributed by atoms with E-state index in [4.69, 9.17) is 34.8 Å². The number of amides is 2. The van der Waals surface area contributed by atoms with Crippen molar-refractivity contribution >= 4 is 58.5 Å². The van der Waals surface area contributed by atoms with Crippen molar-refractivity contribution in [2.45, 2.75) is 3.79 Å². The third-order valence-corrected chi connectivity index (χ3v) is 3.16. The summed E-state index contributed by atoms with van der Waals surface area (Å²) in [5.74, 6) is -1.43. The van der Waals surface area contributed by atoms with Crippen molar-refractivity contribution in [3.05, 3.63) is 65.5 Å². The van der Waals surface area contributed by atoms with Crippen LogP contribution in [0.5, 0.6) is 0 Å². The third-order valence-electron chi connectivity index (χ3n) is 2.87. The Bertz CT molecular complexity index is 805. The SMILES string of the molecule is O=C(N/N=C/C(Cl)(Cl)Cl)c1cccc(NC(=O)c2ccc(F)cc2)c1. The number of nitrogens with one attached hydrogen (secondary N) is 2. The highest BCUT2D eigenvalue weighted by molar-refractivity contribution is 6.74. The standard InChI is InChI=1S/C16H11Cl3FN3O2/c17-16(18,19)9-21-23-15(25)11-2-1-3-13(8-11)22-14(24)10-4-6-12(20)7-5-10/h1-9H,(H,22,24)(H,23,25)/b21-9+. The van der Waals surface area contributed by atoms with Gasteiger partial charge in [0.05, 0.1) is 6.21 Å². The Morgan fingerprint density at radius 1 is 1.00 bits per heavy atom. The average Bonchev–Trinajstić information content (AvgIpc) is 2.54. The Balaban J connectivity index is 2.05. The number of hydrazone groups is 1. The maximum absolute atomic E-state index is 12.9. The maximum Gasteiger partial charge on any atom is 0.271 e. The third kappa shape index (κ3) is 6.34. The van der Waals surface area contributed by atoms with E-state index in [1.807, 2.05) is 0 Å². The highest BCUT2D eigenvalue weighted by Gasteiger charge is 2.16. The fraction of sp³-hybridized carbons (Fsp3) is 0.0625. The number of halogens is 4. The lowest BCUT2D eigenvalue weighted by molar-refractivity contribution is 0.0953. The number of alkyl halides is 3. The van der Waals surface area contributed by atoms with Gasteiger partial charge in [-0.25, -0.2) is 9.82 Å². The van der Waals surface area contributed by atoms with Crippen molar-refractivity contribution < 1.29 is 14.0 Å². The first-order valence-corrected chi connectivity index (χ1v) is 7.96. The summed E-state index contributed by atoms with van der Waals surface area (Å²) in [6, 6.07) is 11.2. The number of benzene rings is 2. The zero-order valence-corrected chi connectivity index (χ0v) is 14.7. The first kappa shape index (κ1) is 19.2. The zero-order chi connectivity index (χ0) is 18.4. The maximum atomic E-state index is 12.9. The van der Waals surface area contributed by atoms with E-state index < -0.39 is 21.4 Å². The van der Waals surface area contributed by atoms with Crippen LogP contribution >= 0.6 is 34.8 Å². The van der Waals surface area contributed by atoms with Crippen molar-refractivity contribution in [1.82, 2.24) is 5.43 Å². The summed E-state index contributed by atoms with van der Waals surface area (Å²) in [4.78, 5) is 24.1. The van der Waals surface area contributed by atoms with E-state index in [9.17, 15) is 14.0 Å². The number of hydrogen-bond acceptors (Lipinski definition) is 3. The smallest absolute Gasteiger partial charge is 0.271 e. The molecule has 0 fully saturated rings. The van der Waals surface area contributed by atoms with Gasteiger partial charge in [-0.3, -0.25) is 9.59 Å². The molecule has 2 aromatic rings. The topological polar surface area (TPSA) is 70.6 Å². The molecule has 0 saturated heterocycles. The molecule has 9 heteroatoms. The Kier molecular flexibility index (Phi) is 6.36. The minimum Gasteiger partial charge on any atom is -0.322 e. The molecular formula is C16H11Cl3FN3O2. The van der Waals surface area contributed by atoms with E-state index in [0.29, 0.717) is 5.69 Å².